The molecule has 1 aromatic rings. The van der Waals surface area contributed by atoms with Crippen LogP contribution in [0.15, 0.2) is 18.3 Å². The van der Waals surface area contributed by atoms with E-state index in [2.05, 4.69) is 20.9 Å². The first-order valence-corrected chi connectivity index (χ1v) is 8.94. The second-order valence-corrected chi connectivity index (χ2v) is 6.67. The summed E-state index contributed by atoms with van der Waals surface area (Å²) in [6, 6.07) is 5.74. The van der Waals surface area contributed by atoms with Crippen molar-refractivity contribution in [2.75, 3.05) is 57.3 Å². The van der Waals surface area contributed by atoms with Gasteiger partial charge in [0.05, 0.1) is 12.2 Å². The van der Waals surface area contributed by atoms with Gasteiger partial charge in [0, 0.05) is 57.9 Å². The Hall–Kier alpha value is -2.17. The van der Waals surface area contributed by atoms with Crippen LogP contribution in [0.1, 0.15) is 18.4 Å². The molecule has 1 amide bonds. The van der Waals surface area contributed by atoms with Crippen LogP contribution < -0.4 is 4.90 Å². The van der Waals surface area contributed by atoms with Crippen LogP contribution in [0.5, 0.6) is 0 Å². The molecule has 2 fully saturated rings. The van der Waals surface area contributed by atoms with Crippen molar-refractivity contribution in [3.05, 3.63) is 23.9 Å². The number of carbonyl (C=O) groups excluding carboxylic acids is 1. The molecule has 0 atom stereocenters. The van der Waals surface area contributed by atoms with Gasteiger partial charge in [-0.2, -0.15) is 5.26 Å². The average molecular weight is 343 g/mol. The molecule has 0 radical (unpaired) electrons. The number of nitriles is 1. The molecule has 3 heterocycles. The zero-order chi connectivity index (χ0) is 17.6. The van der Waals surface area contributed by atoms with Crippen molar-refractivity contribution in [2.24, 2.45) is 5.92 Å². The molecule has 2 saturated heterocycles. The number of aliphatic hydroxyl groups is 1. The highest BCUT2D eigenvalue weighted by Crippen LogP contribution is 2.24. The van der Waals surface area contributed by atoms with E-state index in [-0.39, 0.29) is 18.4 Å². The maximum Gasteiger partial charge on any atom is 0.225 e. The highest BCUT2D eigenvalue weighted by Gasteiger charge is 2.30. The van der Waals surface area contributed by atoms with Gasteiger partial charge < -0.3 is 14.9 Å². The minimum Gasteiger partial charge on any atom is -0.395 e. The molecule has 0 spiro atoms. The molecule has 0 unspecified atom stereocenters. The number of hydrogen-bond acceptors (Lipinski definition) is 6. The van der Waals surface area contributed by atoms with E-state index in [1.807, 2.05) is 11.0 Å². The lowest BCUT2D eigenvalue weighted by Gasteiger charge is -2.38. The van der Waals surface area contributed by atoms with Gasteiger partial charge in [-0.05, 0) is 25.0 Å². The Morgan fingerprint density at radius 1 is 1.20 bits per heavy atom. The third-order valence-electron chi connectivity index (χ3n) is 5.15. The second kappa shape index (κ2) is 8.28. The van der Waals surface area contributed by atoms with Crippen LogP contribution >= 0.6 is 0 Å². The lowest BCUT2D eigenvalue weighted by Crippen LogP contribution is -2.52. The van der Waals surface area contributed by atoms with Crippen molar-refractivity contribution >= 4 is 11.7 Å². The third kappa shape index (κ3) is 4.27. The molecule has 7 heteroatoms. The van der Waals surface area contributed by atoms with E-state index in [1.165, 1.54) is 0 Å². The minimum absolute atomic E-state index is 0.0963. The summed E-state index contributed by atoms with van der Waals surface area (Å²) in [5, 5.41) is 17.8. The molecular weight excluding hydrogens is 318 g/mol. The quantitative estimate of drug-likeness (QED) is 0.847. The van der Waals surface area contributed by atoms with Gasteiger partial charge in [0.1, 0.15) is 11.9 Å². The van der Waals surface area contributed by atoms with E-state index >= 15 is 0 Å². The number of pyridine rings is 1. The molecule has 25 heavy (non-hydrogen) atoms. The van der Waals surface area contributed by atoms with Crippen LogP contribution in [0.3, 0.4) is 0 Å². The number of anilines is 1. The van der Waals surface area contributed by atoms with Gasteiger partial charge >= 0.3 is 0 Å². The maximum absolute atomic E-state index is 12.7. The SMILES string of the molecule is N#Cc1ccc(N2CCC(C(=O)N3CCN(CCO)CC3)CC2)nc1. The molecule has 0 aliphatic carbocycles. The first-order chi connectivity index (χ1) is 12.2. The highest BCUT2D eigenvalue weighted by molar-refractivity contribution is 5.79. The van der Waals surface area contributed by atoms with Crippen molar-refractivity contribution in [2.45, 2.75) is 12.8 Å². The molecule has 0 bridgehead atoms. The van der Waals surface area contributed by atoms with Crippen molar-refractivity contribution in [3.8, 4) is 6.07 Å². The van der Waals surface area contributed by atoms with Crippen molar-refractivity contribution in [3.63, 3.8) is 0 Å². The lowest BCUT2D eigenvalue weighted by atomic mass is 9.95. The van der Waals surface area contributed by atoms with Crippen LogP contribution in [0.4, 0.5) is 5.82 Å². The van der Waals surface area contributed by atoms with Crippen molar-refractivity contribution in [1.29, 1.82) is 5.26 Å². The zero-order valence-corrected chi connectivity index (χ0v) is 14.5. The Bertz CT molecular complexity index is 611. The highest BCUT2D eigenvalue weighted by atomic mass is 16.3. The molecule has 1 N–H and O–H groups in total. The standard InChI is InChI=1S/C18H25N5O2/c19-13-15-1-2-17(20-14-15)22-5-3-16(4-6-22)18(25)23-9-7-21(8-10-23)11-12-24/h1-2,14,16,24H,3-12H2. The number of aliphatic hydroxyl groups excluding tert-OH is 1. The maximum atomic E-state index is 12.7. The third-order valence-corrected chi connectivity index (χ3v) is 5.15. The normalized spacial score (nSPS) is 19.7. The van der Waals surface area contributed by atoms with Gasteiger partial charge in [-0.15, -0.1) is 0 Å². The molecule has 7 nitrogen and oxygen atoms in total. The fraction of sp³-hybridized carbons (Fsp3) is 0.611. The van der Waals surface area contributed by atoms with Crippen LogP contribution in [0, 0.1) is 17.2 Å². The first-order valence-electron chi connectivity index (χ1n) is 8.94. The van der Waals surface area contributed by atoms with E-state index in [9.17, 15) is 4.79 Å². The number of rotatable bonds is 4. The van der Waals surface area contributed by atoms with Crippen molar-refractivity contribution in [1.82, 2.24) is 14.8 Å². The number of β-amino-alcohol motifs (C(OH)–C–C–N with tert-alkyl or cyclic N) is 1. The smallest absolute Gasteiger partial charge is 0.225 e. The summed E-state index contributed by atoms with van der Waals surface area (Å²) >= 11 is 0. The Morgan fingerprint density at radius 3 is 2.48 bits per heavy atom. The fourth-order valence-electron chi connectivity index (χ4n) is 3.59. The molecule has 3 rings (SSSR count). The van der Waals surface area contributed by atoms with Crippen LogP contribution in [0.2, 0.25) is 0 Å². The van der Waals surface area contributed by atoms with E-state index in [0.29, 0.717) is 12.1 Å². The van der Waals surface area contributed by atoms with Crippen LogP contribution in [-0.2, 0) is 4.79 Å². The minimum atomic E-state index is 0.0963. The van der Waals surface area contributed by atoms with E-state index in [4.69, 9.17) is 10.4 Å². The summed E-state index contributed by atoms with van der Waals surface area (Å²) in [7, 11) is 0. The summed E-state index contributed by atoms with van der Waals surface area (Å²) < 4.78 is 0. The molecule has 1 aromatic heterocycles. The number of piperidine rings is 1. The Labute approximate surface area is 148 Å². The number of piperazine rings is 1. The summed E-state index contributed by atoms with van der Waals surface area (Å²) in [6.07, 6.45) is 3.28. The predicted molar refractivity (Wildman–Crippen MR) is 94.0 cm³/mol. The van der Waals surface area contributed by atoms with E-state index in [1.54, 1.807) is 12.3 Å². The largest absolute Gasteiger partial charge is 0.395 e. The van der Waals surface area contributed by atoms with Gasteiger partial charge in [-0.1, -0.05) is 0 Å². The summed E-state index contributed by atoms with van der Waals surface area (Å²) in [6.45, 7) is 5.72. The van der Waals surface area contributed by atoms with Gasteiger partial charge in [-0.25, -0.2) is 4.98 Å². The Balaban J connectivity index is 1.48. The Morgan fingerprint density at radius 2 is 1.92 bits per heavy atom. The number of nitrogens with zero attached hydrogens (tertiary/aromatic N) is 5. The first kappa shape index (κ1) is 17.6. The van der Waals surface area contributed by atoms with Crippen LogP contribution in [-0.4, -0.2) is 78.2 Å². The Kier molecular flexibility index (Phi) is 5.84. The number of aromatic nitrogens is 1. The summed E-state index contributed by atoms with van der Waals surface area (Å²) in [4.78, 5) is 23.4. The van der Waals surface area contributed by atoms with Crippen molar-refractivity contribution < 1.29 is 9.90 Å². The molecular formula is C18H25N5O2. The van der Waals surface area contributed by atoms with Gasteiger partial charge in [-0.3, -0.25) is 9.69 Å². The van der Waals surface area contributed by atoms with E-state index in [0.717, 1.165) is 57.9 Å². The van der Waals surface area contributed by atoms with Gasteiger partial charge in [0.15, 0.2) is 0 Å². The van der Waals surface area contributed by atoms with Crippen LogP contribution in [0.25, 0.3) is 0 Å². The molecule has 2 aliphatic rings. The second-order valence-electron chi connectivity index (χ2n) is 6.67. The van der Waals surface area contributed by atoms with Gasteiger partial charge in [0.25, 0.3) is 0 Å². The molecule has 134 valence electrons. The van der Waals surface area contributed by atoms with E-state index < -0.39 is 0 Å². The molecule has 0 saturated carbocycles. The van der Waals surface area contributed by atoms with Gasteiger partial charge in [0.2, 0.25) is 5.91 Å². The summed E-state index contributed by atoms with van der Waals surface area (Å²) in [5.41, 5.74) is 0.564. The monoisotopic (exact) mass is 343 g/mol. The topological polar surface area (TPSA) is 83.7 Å². The number of hydrogen-bond donors (Lipinski definition) is 1. The average Bonchev–Trinajstić information content (AvgIpc) is 2.68. The summed E-state index contributed by atoms with van der Waals surface area (Å²) in [5.74, 6) is 1.25. The molecule has 0 aromatic carbocycles. The predicted octanol–water partition coefficient (Wildman–Crippen LogP) is 0.306. The number of carbonyl (C=O) groups is 1. The fourth-order valence-corrected chi connectivity index (χ4v) is 3.59. The number of amides is 1. The lowest BCUT2D eigenvalue weighted by molar-refractivity contribution is -0.138. The zero-order valence-electron chi connectivity index (χ0n) is 14.5. The molecule has 2 aliphatic heterocycles.